The van der Waals surface area contributed by atoms with Gasteiger partial charge in [0.1, 0.15) is 6.04 Å². The highest BCUT2D eigenvalue weighted by Gasteiger charge is 2.31. The third kappa shape index (κ3) is 3.60. The summed E-state index contributed by atoms with van der Waals surface area (Å²) in [5, 5.41) is 12.2. The first-order chi connectivity index (χ1) is 11.6. The summed E-state index contributed by atoms with van der Waals surface area (Å²) in [6.07, 6.45) is 0.775. The van der Waals surface area contributed by atoms with Crippen LogP contribution >= 0.6 is 15.9 Å². The van der Waals surface area contributed by atoms with Gasteiger partial charge in [0.2, 0.25) is 5.91 Å². The summed E-state index contributed by atoms with van der Waals surface area (Å²) in [5.74, 6) is 0.117. The summed E-state index contributed by atoms with van der Waals surface area (Å²) in [7, 11) is 0. The topological polar surface area (TPSA) is 56.1 Å². The smallest absolute Gasteiger partial charge is 0.245 e. The van der Waals surface area contributed by atoms with E-state index in [1.54, 1.807) is 12.1 Å². The van der Waals surface area contributed by atoms with Crippen molar-refractivity contribution in [3.8, 4) is 6.07 Å². The van der Waals surface area contributed by atoms with Crippen LogP contribution in [0.2, 0.25) is 0 Å². The molecule has 1 atom stereocenters. The molecule has 2 aromatic rings. The van der Waals surface area contributed by atoms with E-state index in [-0.39, 0.29) is 11.9 Å². The number of benzene rings is 2. The second kappa shape index (κ2) is 7.06. The van der Waals surface area contributed by atoms with E-state index in [1.165, 1.54) is 5.56 Å². The maximum atomic E-state index is 12.6. The van der Waals surface area contributed by atoms with Crippen molar-refractivity contribution >= 4 is 27.5 Å². The predicted octanol–water partition coefficient (Wildman–Crippen LogP) is 3.84. The van der Waals surface area contributed by atoms with Crippen LogP contribution < -0.4 is 5.32 Å². The van der Waals surface area contributed by atoms with Gasteiger partial charge in [-0.05, 0) is 53.0 Å². The van der Waals surface area contributed by atoms with Crippen LogP contribution in [0.5, 0.6) is 0 Å². The molecule has 1 amide bonds. The molecular formula is C19H18BrN3O. The van der Waals surface area contributed by atoms with E-state index in [4.69, 9.17) is 5.26 Å². The van der Waals surface area contributed by atoms with Crippen LogP contribution in [0.15, 0.2) is 46.9 Å². The van der Waals surface area contributed by atoms with E-state index in [9.17, 15) is 4.79 Å². The molecule has 5 heteroatoms. The number of nitrogens with zero attached hydrogens (tertiary/aromatic N) is 2. The first-order valence-corrected chi connectivity index (χ1v) is 8.66. The summed E-state index contributed by atoms with van der Waals surface area (Å²) in [5.41, 5.74) is 3.79. The van der Waals surface area contributed by atoms with Crippen molar-refractivity contribution in [3.05, 3.63) is 63.6 Å². The van der Waals surface area contributed by atoms with Gasteiger partial charge in [0, 0.05) is 23.2 Å². The number of hydrogen-bond donors (Lipinski definition) is 1. The van der Waals surface area contributed by atoms with Crippen LogP contribution in [-0.2, 0) is 11.3 Å². The number of aryl methyl sites for hydroxylation is 1. The molecule has 3 rings (SSSR count). The molecule has 1 saturated heterocycles. The molecule has 1 heterocycles. The van der Waals surface area contributed by atoms with Crippen LogP contribution in [0.1, 0.15) is 23.1 Å². The molecule has 122 valence electrons. The normalized spacial score (nSPS) is 17.0. The zero-order valence-electron chi connectivity index (χ0n) is 13.4. The largest absolute Gasteiger partial charge is 0.373 e. The van der Waals surface area contributed by atoms with Gasteiger partial charge in [-0.2, -0.15) is 5.26 Å². The second-order valence-corrected chi connectivity index (χ2v) is 6.89. The van der Waals surface area contributed by atoms with E-state index in [1.807, 2.05) is 11.0 Å². The molecule has 0 aliphatic carbocycles. The molecule has 0 aromatic heterocycles. The fourth-order valence-corrected chi connectivity index (χ4v) is 3.33. The highest BCUT2D eigenvalue weighted by molar-refractivity contribution is 9.10. The van der Waals surface area contributed by atoms with E-state index < -0.39 is 0 Å². The van der Waals surface area contributed by atoms with Crippen LogP contribution in [0.3, 0.4) is 0 Å². The lowest BCUT2D eigenvalue weighted by molar-refractivity contribution is -0.128. The Morgan fingerprint density at radius 3 is 2.71 bits per heavy atom. The number of carbonyl (C=O) groups excluding carboxylic acids is 1. The minimum atomic E-state index is -0.223. The first-order valence-electron chi connectivity index (χ1n) is 7.87. The number of nitrogens with one attached hydrogen (secondary N) is 1. The third-order valence-corrected chi connectivity index (χ3v) is 4.88. The standard InChI is InChI=1S/C19H18BrN3O/c1-13-2-4-14(5-3-13)12-23-9-8-18(19(23)24)22-17-7-6-15(11-21)10-16(17)20/h2-7,10,18,22H,8-9,12H2,1H3. The zero-order chi connectivity index (χ0) is 17.1. The Kier molecular flexibility index (Phi) is 4.86. The van der Waals surface area contributed by atoms with Crippen molar-refractivity contribution in [3.63, 3.8) is 0 Å². The number of nitriles is 1. The summed E-state index contributed by atoms with van der Waals surface area (Å²) in [6.45, 7) is 3.45. The van der Waals surface area contributed by atoms with E-state index in [0.717, 1.165) is 28.7 Å². The maximum Gasteiger partial charge on any atom is 0.245 e. The van der Waals surface area contributed by atoms with Crippen molar-refractivity contribution in [2.24, 2.45) is 0 Å². The quantitative estimate of drug-likeness (QED) is 0.872. The molecule has 1 N–H and O–H groups in total. The summed E-state index contributed by atoms with van der Waals surface area (Å²) in [6, 6.07) is 15.5. The Morgan fingerprint density at radius 1 is 1.29 bits per heavy atom. The van der Waals surface area contributed by atoms with Crippen LogP contribution in [0.4, 0.5) is 5.69 Å². The number of rotatable bonds is 4. The van der Waals surface area contributed by atoms with Crippen molar-refractivity contribution in [1.29, 1.82) is 5.26 Å². The minimum Gasteiger partial charge on any atom is -0.373 e. The average Bonchev–Trinajstić information content (AvgIpc) is 2.92. The number of anilines is 1. The summed E-state index contributed by atoms with van der Waals surface area (Å²) < 4.78 is 0.798. The Bertz CT molecular complexity index is 795. The number of likely N-dealkylation sites (tertiary alicyclic amines) is 1. The van der Waals surface area contributed by atoms with Gasteiger partial charge < -0.3 is 10.2 Å². The predicted molar refractivity (Wildman–Crippen MR) is 97.5 cm³/mol. The lowest BCUT2D eigenvalue weighted by Gasteiger charge is -2.18. The molecule has 2 aromatic carbocycles. The van der Waals surface area contributed by atoms with Crippen molar-refractivity contribution in [2.45, 2.75) is 25.9 Å². The second-order valence-electron chi connectivity index (χ2n) is 6.04. The maximum absolute atomic E-state index is 12.6. The molecule has 4 nitrogen and oxygen atoms in total. The fraction of sp³-hybridized carbons (Fsp3) is 0.263. The van der Waals surface area contributed by atoms with E-state index >= 15 is 0 Å². The summed E-state index contributed by atoms with van der Waals surface area (Å²) >= 11 is 3.45. The monoisotopic (exact) mass is 383 g/mol. The zero-order valence-corrected chi connectivity index (χ0v) is 15.0. The Balaban J connectivity index is 1.66. The van der Waals surface area contributed by atoms with Gasteiger partial charge in [-0.1, -0.05) is 29.8 Å². The molecule has 0 bridgehead atoms. The molecule has 1 unspecified atom stereocenters. The van der Waals surface area contributed by atoms with Crippen LogP contribution in [0.25, 0.3) is 0 Å². The van der Waals surface area contributed by atoms with Gasteiger partial charge in [-0.3, -0.25) is 4.79 Å². The van der Waals surface area contributed by atoms with Crippen molar-refractivity contribution in [2.75, 3.05) is 11.9 Å². The van der Waals surface area contributed by atoms with Gasteiger partial charge in [-0.15, -0.1) is 0 Å². The fourth-order valence-electron chi connectivity index (χ4n) is 2.83. The van der Waals surface area contributed by atoms with Crippen molar-refractivity contribution < 1.29 is 4.79 Å². The molecule has 1 aliphatic heterocycles. The lowest BCUT2D eigenvalue weighted by Crippen LogP contribution is -2.33. The molecule has 0 spiro atoms. The molecule has 24 heavy (non-hydrogen) atoms. The molecule has 1 aliphatic rings. The van der Waals surface area contributed by atoms with Gasteiger partial charge in [0.05, 0.1) is 11.6 Å². The Morgan fingerprint density at radius 2 is 2.04 bits per heavy atom. The number of carbonyl (C=O) groups is 1. The van der Waals surface area contributed by atoms with E-state index in [0.29, 0.717) is 12.1 Å². The lowest BCUT2D eigenvalue weighted by atomic mass is 10.1. The molecule has 1 fully saturated rings. The minimum absolute atomic E-state index is 0.117. The van der Waals surface area contributed by atoms with Gasteiger partial charge >= 0.3 is 0 Å². The number of amides is 1. The van der Waals surface area contributed by atoms with Gasteiger partial charge in [0.15, 0.2) is 0 Å². The Hall–Kier alpha value is -2.32. The third-order valence-electron chi connectivity index (χ3n) is 4.22. The molecular weight excluding hydrogens is 366 g/mol. The SMILES string of the molecule is Cc1ccc(CN2CCC(Nc3ccc(C#N)cc3Br)C2=O)cc1. The first kappa shape index (κ1) is 16.5. The number of halogens is 1. The van der Waals surface area contributed by atoms with Crippen LogP contribution in [-0.4, -0.2) is 23.4 Å². The average molecular weight is 384 g/mol. The number of hydrogen-bond acceptors (Lipinski definition) is 3. The van der Waals surface area contributed by atoms with Crippen LogP contribution in [0, 0.1) is 18.3 Å². The van der Waals surface area contributed by atoms with E-state index in [2.05, 4.69) is 58.5 Å². The highest BCUT2D eigenvalue weighted by atomic mass is 79.9. The van der Waals surface area contributed by atoms with Gasteiger partial charge in [0.25, 0.3) is 0 Å². The van der Waals surface area contributed by atoms with Crippen molar-refractivity contribution in [1.82, 2.24) is 4.90 Å². The molecule has 0 radical (unpaired) electrons. The van der Waals surface area contributed by atoms with Gasteiger partial charge in [-0.25, -0.2) is 0 Å². The Labute approximate surface area is 150 Å². The molecule has 0 saturated carbocycles. The highest BCUT2D eigenvalue weighted by Crippen LogP contribution is 2.26. The summed E-state index contributed by atoms with van der Waals surface area (Å²) in [4.78, 5) is 14.5.